The maximum absolute atomic E-state index is 11.9. The van der Waals surface area contributed by atoms with E-state index in [9.17, 15) is 4.79 Å². The number of carbonyl (C=O) groups excluding carboxylic acids is 1. The van der Waals surface area contributed by atoms with Gasteiger partial charge in [-0.15, -0.1) is 0 Å². The van der Waals surface area contributed by atoms with Crippen LogP contribution in [0.15, 0.2) is 24.3 Å². The lowest BCUT2D eigenvalue weighted by molar-refractivity contribution is 0.0488. The lowest BCUT2D eigenvalue weighted by Crippen LogP contribution is -2.42. The van der Waals surface area contributed by atoms with Crippen LogP contribution < -0.4 is 5.32 Å². The van der Waals surface area contributed by atoms with E-state index < -0.39 is 0 Å². The number of rotatable bonds is 6. The molecule has 1 aliphatic rings. The second-order valence-corrected chi connectivity index (χ2v) is 6.04. The second kappa shape index (κ2) is 8.15. The minimum atomic E-state index is -0.218. The van der Waals surface area contributed by atoms with Crippen molar-refractivity contribution in [2.24, 2.45) is 5.92 Å². The van der Waals surface area contributed by atoms with E-state index >= 15 is 0 Å². The van der Waals surface area contributed by atoms with Crippen molar-refractivity contribution in [3.05, 3.63) is 35.4 Å². The number of hydrogen-bond acceptors (Lipinski definition) is 4. The Kier molecular flexibility index (Phi) is 6.21. The summed E-state index contributed by atoms with van der Waals surface area (Å²) in [7, 11) is 0. The summed E-state index contributed by atoms with van der Waals surface area (Å²) in [4.78, 5) is 14.3. The highest BCUT2D eigenvalue weighted by Crippen LogP contribution is 2.10. The van der Waals surface area contributed by atoms with Gasteiger partial charge < -0.3 is 10.1 Å². The largest absolute Gasteiger partial charge is 0.462 e. The Morgan fingerprint density at radius 2 is 1.90 bits per heavy atom. The van der Waals surface area contributed by atoms with Gasteiger partial charge in [-0.2, -0.15) is 0 Å². The van der Waals surface area contributed by atoms with Gasteiger partial charge >= 0.3 is 5.97 Å². The molecule has 0 saturated carbocycles. The number of hydrogen-bond donors (Lipinski definition) is 1. The minimum absolute atomic E-state index is 0.218. The Bertz CT molecular complexity index is 437. The molecule has 0 aliphatic carbocycles. The van der Waals surface area contributed by atoms with E-state index in [0.717, 1.165) is 39.1 Å². The van der Waals surface area contributed by atoms with Crippen LogP contribution in [-0.2, 0) is 11.3 Å². The molecule has 1 aromatic rings. The molecule has 2 rings (SSSR count). The number of nitrogens with one attached hydrogen (secondary N) is 1. The van der Waals surface area contributed by atoms with Crippen molar-refractivity contribution in [2.45, 2.75) is 26.8 Å². The van der Waals surface area contributed by atoms with Gasteiger partial charge in [-0.25, -0.2) is 4.79 Å². The number of nitrogens with zero attached hydrogens (tertiary/aromatic N) is 1. The van der Waals surface area contributed by atoms with E-state index in [1.165, 1.54) is 5.56 Å². The normalized spacial score (nSPS) is 16.1. The van der Waals surface area contributed by atoms with E-state index in [-0.39, 0.29) is 5.97 Å². The standard InChI is InChI=1S/C17H26N2O2/c1-14(2)7-12-21-17(20)16-5-3-15(4-6-16)13-19-10-8-18-9-11-19/h3-6,14,18H,7-13H2,1-2H3. The third kappa shape index (κ3) is 5.48. The van der Waals surface area contributed by atoms with Crippen molar-refractivity contribution in [3.63, 3.8) is 0 Å². The Morgan fingerprint density at radius 1 is 1.24 bits per heavy atom. The van der Waals surface area contributed by atoms with Gasteiger partial charge in [0.2, 0.25) is 0 Å². The molecule has 1 heterocycles. The topological polar surface area (TPSA) is 41.6 Å². The molecule has 0 unspecified atom stereocenters. The molecule has 1 saturated heterocycles. The molecule has 1 aromatic carbocycles. The van der Waals surface area contributed by atoms with Crippen molar-refractivity contribution >= 4 is 5.97 Å². The molecule has 0 amide bonds. The number of carbonyl (C=O) groups is 1. The average molecular weight is 290 g/mol. The van der Waals surface area contributed by atoms with Crippen LogP contribution in [0.5, 0.6) is 0 Å². The molecule has 0 bridgehead atoms. The Balaban J connectivity index is 1.81. The summed E-state index contributed by atoms with van der Waals surface area (Å²) in [5, 5.41) is 3.35. The smallest absolute Gasteiger partial charge is 0.338 e. The van der Waals surface area contributed by atoms with Crippen molar-refractivity contribution in [3.8, 4) is 0 Å². The molecule has 0 spiro atoms. The molecule has 0 atom stereocenters. The van der Waals surface area contributed by atoms with Gasteiger partial charge in [0.1, 0.15) is 0 Å². The summed E-state index contributed by atoms with van der Waals surface area (Å²) < 4.78 is 5.27. The van der Waals surface area contributed by atoms with E-state index in [2.05, 4.69) is 24.1 Å². The zero-order chi connectivity index (χ0) is 15.1. The van der Waals surface area contributed by atoms with Crippen LogP contribution in [0.3, 0.4) is 0 Å². The third-order valence-electron chi connectivity index (χ3n) is 3.73. The molecule has 21 heavy (non-hydrogen) atoms. The summed E-state index contributed by atoms with van der Waals surface area (Å²) in [6.45, 7) is 9.97. The molecule has 0 aromatic heterocycles. The van der Waals surface area contributed by atoms with E-state index in [4.69, 9.17) is 4.74 Å². The zero-order valence-electron chi connectivity index (χ0n) is 13.1. The van der Waals surface area contributed by atoms with Crippen LogP contribution in [-0.4, -0.2) is 43.7 Å². The first kappa shape index (κ1) is 16.0. The summed E-state index contributed by atoms with van der Waals surface area (Å²) in [5.74, 6) is 0.337. The Labute approximate surface area is 127 Å². The molecule has 0 radical (unpaired) electrons. The predicted molar refractivity (Wildman–Crippen MR) is 84.3 cm³/mol. The van der Waals surface area contributed by atoms with Gasteiger partial charge in [0.15, 0.2) is 0 Å². The van der Waals surface area contributed by atoms with Crippen LogP contribution in [0.1, 0.15) is 36.2 Å². The van der Waals surface area contributed by atoms with Crippen LogP contribution in [0, 0.1) is 5.92 Å². The van der Waals surface area contributed by atoms with Crippen LogP contribution >= 0.6 is 0 Å². The van der Waals surface area contributed by atoms with Gasteiger partial charge in [0, 0.05) is 32.7 Å². The quantitative estimate of drug-likeness (QED) is 0.816. The fraction of sp³-hybridized carbons (Fsp3) is 0.588. The SMILES string of the molecule is CC(C)CCOC(=O)c1ccc(CN2CCNCC2)cc1. The first-order valence-corrected chi connectivity index (χ1v) is 7.84. The fourth-order valence-electron chi connectivity index (χ4n) is 2.34. The first-order valence-electron chi connectivity index (χ1n) is 7.84. The van der Waals surface area contributed by atoms with Crippen molar-refractivity contribution in [1.82, 2.24) is 10.2 Å². The molecule has 4 heteroatoms. The molecule has 4 nitrogen and oxygen atoms in total. The lowest BCUT2D eigenvalue weighted by Gasteiger charge is -2.27. The zero-order valence-corrected chi connectivity index (χ0v) is 13.1. The lowest BCUT2D eigenvalue weighted by atomic mass is 10.1. The fourth-order valence-corrected chi connectivity index (χ4v) is 2.34. The van der Waals surface area contributed by atoms with Crippen LogP contribution in [0.2, 0.25) is 0 Å². The van der Waals surface area contributed by atoms with Crippen LogP contribution in [0.4, 0.5) is 0 Å². The van der Waals surface area contributed by atoms with E-state index in [1.807, 2.05) is 24.3 Å². The maximum atomic E-state index is 11.9. The van der Waals surface area contributed by atoms with Gasteiger partial charge in [-0.05, 0) is 30.0 Å². The molecular formula is C17H26N2O2. The van der Waals surface area contributed by atoms with Gasteiger partial charge in [0.25, 0.3) is 0 Å². The predicted octanol–water partition coefficient (Wildman–Crippen LogP) is 2.29. The summed E-state index contributed by atoms with van der Waals surface area (Å²) in [6, 6.07) is 7.80. The summed E-state index contributed by atoms with van der Waals surface area (Å²) in [6.07, 6.45) is 0.910. The van der Waals surface area contributed by atoms with Gasteiger partial charge in [-0.1, -0.05) is 26.0 Å². The monoisotopic (exact) mass is 290 g/mol. The molecule has 1 N–H and O–H groups in total. The third-order valence-corrected chi connectivity index (χ3v) is 3.73. The highest BCUT2D eigenvalue weighted by Gasteiger charge is 2.11. The highest BCUT2D eigenvalue weighted by molar-refractivity contribution is 5.89. The number of benzene rings is 1. The Hall–Kier alpha value is -1.39. The summed E-state index contributed by atoms with van der Waals surface area (Å²) in [5.41, 5.74) is 1.89. The van der Waals surface area contributed by atoms with Crippen LogP contribution in [0.25, 0.3) is 0 Å². The minimum Gasteiger partial charge on any atom is -0.462 e. The molecule has 116 valence electrons. The summed E-state index contributed by atoms with van der Waals surface area (Å²) >= 11 is 0. The highest BCUT2D eigenvalue weighted by atomic mass is 16.5. The van der Waals surface area contributed by atoms with Crippen molar-refractivity contribution < 1.29 is 9.53 Å². The second-order valence-electron chi connectivity index (χ2n) is 6.04. The van der Waals surface area contributed by atoms with Crippen molar-refractivity contribution in [2.75, 3.05) is 32.8 Å². The number of piperazine rings is 1. The van der Waals surface area contributed by atoms with Gasteiger partial charge in [0.05, 0.1) is 12.2 Å². The molecule has 1 aliphatic heterocycles. The number of ether oxygens (including phenoxy) is 1. The molecular weight excluding hydrogens is 264 g/mol. The first-order chi connectivity index (χ1) is 10.1. The number of esters is 1. The van der Waals surface area contributed by atoms with E-state index in [0.29, 0.717) is 18.1 Å². The molecule has 1 fully saturated rings. The average Bonchev–Trinajstić information content (AvgIpc) is 2.48. The Morgan fingerprint density at radius 3 is 2.52 bits per heavy atom. The maximum Gasteiger partial charge on any atom is 0.338 e. The van der Waals surface area contributed by atoms with E-state index in [1.54, 1.807) is 0 Å². The van der Waals surface area contributed by atoms with Crippen molar-refractivity contribution in [1.29, 1.82) is 0 Å². The van der Waals surface area contributed by atoms with Gasteiger partial charge in [-0.3, -0.25) is 4.90 Å².